The van der Waals surface area contributed by atoms with E-state index in [4.69, 9.17) is 14.2 Å². The van der Waals surface area contributed by atoms with Gasteiger partial charge >= 0.3 is 17.9 Å². The van der Waals surface area contributed by atoms with Gasteiger partial charge in [0, 0.05) is 0 Å². The van der Waals surface area contributed by atoms with Crippen LogP contribution in [0.1, 0.15) is 323 Å². The van der Waals surface area contributed by atoms with Crippen molar-refractivity contribution in [3.63, 3.8) is 0 Å². The molecule has 6 heteroatoms. The molecule has 0 bridgehead atoms. The Kier molecular flexibility index (Phi) is 42.1. The molecule has 0 aliphatic rings. The molecule has 0 saturated heterocycles. The van der Waals surface area contributed by atoms with Gasteiger partial charge in [-0.1, -0.05) is 273 Å². The predicted octanol–water partition coefficient (Wildman–Crippen LogP) is 19.3. The molecule has 1 rings (SSSR count). The first-order valence-corrected chi connectivity index (χ1v) is 28.8. The first kappa shape index (κ1) is 61.6. The maximum atomic E-state index is 13.3. The summed E-state index contributed by atoms with van der Waals surface area (Å²) in [5.41, 5.74) is 0.565. The van der Waals surface area contributed by atoms with Crippen LogP contribution in [0.2, 0.25) is 0 Å². The number of unbranched alkanes of at least 4 members (excludes halogenated alkanes) is 33. The van der Waals surface area contributed by atoms with Gasteiger partial charge in [-0.15, -0.1) is 0 Å². The molecule has 0 heterocycles. The summed E-state index contributed by atoms with van der Waals surface area (Å²) >= 11 is 0. The Morgan fingerprint density at radius 1 is 0.273 bits per heavy atom. The normalized spacial score (nSPS) is 11.6. The number of rotatable bonds is 48. The number of carbonyl (C=O) groups is 3. The highest BCUT2D eigenvalue weighted by Gasteiger charge is 2.19. The van der Waals surface area contributed by atoms with Gasteiger partial charge in [0.25, 0.3) is 0 Å². The van der Waals surface area contributed by atoms with Crippen LogP contribution in [0.3, 0.4) is 0 Å². The second-order valence-corrected chi connectivity index (χ2v) is 21.5. The topological polar surface area (TPSA) is 78.9 Å². The lowest BCUT2D eigenvalue weighted by Gasteiger charge is -2.11. The number of esters is 3. The predicted molar refractivity (Wildman–Crippen MR) is 282 cm³/mol. The van der Waals surface area contributed by atoms with Gasteiger partial charge in [0.15, 0.2) is 0 Å². The third-order valence-corrected chi connectivity index (χ3v) is 13.4. The van der Waals surface area contributed by atoms with Gasteiger partial charge in [0.2, 0.25) is 0 Å². The molecular formula is C60H108O6. The van der Waals surface area contributed by atoms with Crippen LogP contribution in [0.5, 0.6) is 0 Å². The molecule has 1 aromatic carbocycles. The SMILES string of the molecule is CC(C)CCCCCCCCCCCCCCOC(=O)c1cc(C(=O)OCCCCCCCCCCCCCCC(C)C)cc(C(=O)OCCCCCCCCCCCCCCC(C)C)c1. The van der Waals surface area contributed by atoms with E-state index in [-0.39, 0.29) is 16.7 Å². The Balaban J connectivity index is 2.45. The van der Waals surface area contributed by atoms with E-state index in [1.54, 1.807) is 0 Å². The van der Waals surface area contributed by atoms with Crippen molar-refractivity contribution in [1.82, 2.24) is 0 Å². The Labute approximate surface area is 409 Å². The molecule has 0 amide bonds. The fraction of sp³-hybridized carbons (Fsp3) is 0.850. The van der Waals surface area contributed by atoms with Gasteiger partial charge in [0.1, 0.15) is 0 Å². The molecule has 0 saturated carbocycles. The van der Waals surface area contributed by atoms with Crippen molar-refractivity contribution in [1.29, 1.82) is 0 Å². The third kappa shape index (κ3) is 39.6. The van der Waals surface area contributed by atoms with Crippen molar-refractivity contribution in [2.24, 2.45) is 17.8 Å². The summed E-state index contributed by atoms with van der Waals surface area (Å²) in [4.78, 5) is 39.8. The minimum atomic E-state index is -0.522. The lowest BCUT2D eigenvalue weighted by molar-refractivity contribution is 0.0494. The summed E-state index contributed by atoms with van der Waals surface area (Å²) in [7, 11) is 0. The average Bonchev–Trinajstić information content (AvgIpc) is 3.29. The van der Waals surface area contributed by atoms with Gasteiger partial charge < -0.3 is 14.2 Å². The van der Waals surface area contributed by atoms with Crippen molar-refractivity contribution in [3.8, 4) is 0 Å². The number of hydrogen-bond donors (Lipinski definition) is 0. The summed E-state index contributed by atoms with van der Waals surface area (Å²) in [5, 5.41) is 0. The number of carbonyl (C=O) groups excluding carboxylic acids is 3. The molecule has 0 aliphatic carbocycles. The Bertz CT molecular complexity index is 1100. The van der Waals surface area contributed by atoms with E-state index in [0.717, 1.165) is 75.5 Å². The van der Waals surface area contributed by atoms with Crippen LogP contribution in [0.15, 0.2) is 18.2 Å². The van der Waals surface area contributed by atoms with Crippen LogP contribution in [0.4, 0.5) is 0 Å². The molecule has 1 aromatic rings. The fourth-order valence-corrected chi connectivity index (χ4v) is 8.99. The average molecular weight is 926 g/mol. The van der Waals surface area contributed by atoms with E-state index in [9.17, 15) is 14.4 Å². The Morgan fingerprint density at radius 2 is 0.424 bits per heavy atom. The van der Waals surface area contributed by atoms with E-state index >= 15 is 0 Å². The van der Waals surface area contributed by atoms with E-state index in [2.05, 4.69) is 41.5 Å². The number of hydrogen-bond acceptors (Lipinski definition) is 6. The van der Waals surface area contributed by atoms with Crippen LogP contribution in [0, 0.1) is 17.8 Å². The molecule has 6 nitrogen and oxygen atoms in total. The van der Waals surface area contributed by atoms with Gasteiger partial charge in [-0.25, -0.2) is 14.4 Å². The zero-order valence-electron chi connectivity index (χ0n) is 44.6. The monoisotopic (exact) mass is 925 g/mol. The molecule has 0 aliphatic heterocycles. The van der Waals surface area contributed by atoms with Gasteiger partial charge in [-0.2, -0.15) is 0 Å². The first-order valence-electron chi connectivity index (χ1n) is 28.8. The summed E-state index contributed by atoms with van der Waals surface area (Å²) in [6.45, 7) is 14.8. The van der Waals surface area contributed by atoms with Crippen molar-refractivity contribution < 1.29 is 28.6 Å². The number of ether oxygens (including phenoxy) is 3. The standard InChI is InChI=1S/C60H108O6/c1-52(2)43-37-31-25-19-13-7-10-16-22-28-34-40-46-64-58(61)55-49-56(59(62)65-47-41-35-29-23-17-11-8-14-20-26-32-38-44-53(3)4)51-57(50-55)60(63)66-48-42-36-30-24-18-12-9-15-21-27-33-39-45-54(5)6/h49-54H,7-48H2,1-6H3. The smallest absolute Gasteiger partial charge is 0.338 e. The van der Waals surface area contributed by atoms with Gasteiger partial charge in [-0.05, 0) is 55.2 Å². The summed E-state index contributed by atoms with van der Waals surface area (Å²) in [5.74, 6) is 0.914. The second-order valence-electron chi connectivity index (χ2n) is 21.5. The highest BCUT2D eigenvalue weighted by atomic mass is 16.5. The van der Waals surface area contributed by atoms with Crippen LogP contribution in [0.25, 0.3) is 0 Å². The lowest BCUT2D eigenvalue weighted by Crippen LogP contribution is -2.14. The molecule has 0 radical (unpaired) electrons. The highest BCUT2D eigenvalue weighted by Crippen LogP contribution is 2.19. The highest BCUT2D eigenvalue weighted by molar-refractivity contribution is 6.00. The van der Waals surface area contributed by atoms with Gasteiger partial charge in [-0.3, -0.25) is 0 Å². The largest absolute Gasteiger partial charge is 0.462 e. The van der Waals surface area contributed by atoms with Crippen molar-refractivity contribution in [2.75, 3.05) is 19.8 Å². The summed E-state index contributed by atoms with van der Waals surface area (Å²) < 4.78 is 17.0. The molecule has 0 spiro atoms. The molecule has 384 valence electrons. The summed E-state index contributed by atoms with van der Waals surface area (Å²) in [6.07, 6.45) is 49.0. The number of benzene rings is 1. The maximum absolute atomic E-state index is 13.3. The summed E-state index contributed by atoms with van der Waals surface area (Å²) in [6, 6.07) is 4.52. The van der Waals surface area contributed by atoms with E-state index in [1.165, 1.54) is 211 Å². The Morgan fingerprint density at radius 3 is 0.591 bits per heavy atom. The molecule has 0 atom stereocenters. The molecule has 0 N–H and O–H groups in total. The zero-order chi connectivity index (χ0) is 48.1. The first-order chi connectivity index (χ1) is 32.1. The minimum Gasteiger partial charge on any atom is -0.462 e. The van der Waals surface area contributed by atoms with E-state index in [0.29, 0.717) is 19.8 Å². The molecule has 0 unspecified atom stereocenters. The van der Waals surface area contributed by atoms with Gasteiger partial charge in [0.05, 0.1) is 36.5 Å². The van der Waals surface area contributed by atoms with E-state index in [1.807, 2.05) is 0 Å². The quantitative estimate of drug-likeness (QED) is 0.0368. The molecule has 0 aromatic heterocycles. The van der Waals surface area contributed by atoms with Crippen LogP contribution >= 0.6 is 0 Å². The minimum absolute atomic E-state index is 0.188. The molecule has 66 heavy (non-hydrogen) atoms. The second kappa shape index (κ2) is 45.1. The lowest BCUT2D eigenvalue weighted by atomic mass is 10.0. The van der Waals surface area contributed by atoms with E-state index < -0.39 is 17.9 Å². The zero-order valence-corrected chi connectivity index (χ0v) is 44.6. The molecular weight excluding hydrogens is 817 g/mol. The maximum Gasteiger partial charge on any atom is 0.338 e. The fourth-order valence-electron chi connectivity index (χ4n) is 8.99. The molecule has 0 fully saturated rings. The van der Waals surface area contributed by atoms with Crippen LogP contribution < -0.4 is 0 Å². The van der Waals surface area contributed by atoms with Crippen molar-refractivity contribution >= 4 is 17.9 Å². The van der Waals surface area contributed by atoms with Crippen molar-refractivity contribution in [2.45, 2.75) is 292 Å². The van der Waals surface area contributed by atoms with Crippen LogP contribution in [-0.2, 0) is 14.2 Å². The van der Waals surface area contributed by atoms with Crippen molar-refractivity contribution in [3.05, 3.63) is 34.9 Å². The third-order valence-electron chi connectivity index (χ3n) is 13.4. The van der Waals surface area contributed by atoms with Crippen LogP contribution in [-0.4, -0.2) is 37.7 Å². The Hall–Kier alpha value is -2.37.